The van der Waals surface area contributed by atoms with Gasteiger partial charge in [0.1, 0.15) is 5.75 Å². The van der Waals surface area contributed by atoms with E-state index >= 15 is 0 Å². The Kier molecular flexibility index (Phi) is 20.0. The number of hydrogen-bond donors (Lipinski definition) is 0. The van der Waals surface area contributed by atoms with Crippen LogP contribution in [0.25, 0.3) is 0 Å². The van der Waals surface area contributed by atoms with E-state index in [2.05, 4.69) is 25.2 Å². The summed E-state index contributed by atoms with van der Waals surface area (Å²) >= 11 is 0. The number of rotatable bonds is 3. The molecule has 0 unspecified atom stereocenters. The van der Waals surface area contributed by atoms with E-state index in [1.54, 1.807) is 6.26 Å². The number of allylic oxidation sites excluding steroid dienone is 7. The number of benzene rings is 1. The van der Waals surface area contributed by atoms with Crippen molar-refractivity contribution in [3.8, 4) is 5.75 Å². The fourth-order valence-corrected chi connectivity index (χ4v) is 1.11. The maximum Gasteiger partial charge on any atom is 0.126 e. The van der Waals surface area contributed by atoms with Crippen LogP contribution in [0.2, 0.25) is 13.1 Å². The summed E-state index contributed by atoms with van der Waals surface area (Å²) in [4.78, 5) is 0. The van der Waals surface area contributed by atoms with Crippen molar-refractivity contribution in [2.24, 2.45) is 0 Å². The van der Waals surface area contributed by atoms with E-state index in [1.165, 1.54) is 0 Å². The Morgan fingerprint density at radius 1 is 1.14 bits per heavy atom. The zero-order valence-electron chi connectivity index (χ0n) is 13.1. The average Bonchev–Trinajstić information content (AvgIpc) is 3.05. The van der Waals surface area contributed by atoms with Gasteiger partial charge in [-0.05, 0) is 25.1 Å². The predicted molar refractivity (Wildman–Crippen MR) is 91.5 cm³/mol. The van der Waals surface area contributed by atoms with Crippen LogP contribution in [-0.4, -0.2) is 9.52 Å². The molecular formula is C18H24OSiTi-. The molecular weight excluding hydrogens is 308 g/mol. The molecule has 0 saturated carbocycles. The molecule has 1 aromatic carbocycles. The van der Waals surface area contributed by atoms with Crippen LogP contribution in [0.3, 0.4) is 0 Å². The van der Waals surface area contributed by atoms with Crippen LogP contribution in [0, 0.1) is 6.08 Å². The van der Waals surface area contributed by atoms with Crippen molar-refractivity contribution >= 4 is 9.52 Å². The first-order valence-corrected chi connectivity index (χ1v) is 9.11. The van der Waals surface area contributed by atoms with E-state index in [-0.39, 0.29) is 21.7 Å². The van der Waals surface area contributed by atoms with Crippen molar-refractivity contribution in [2.45, 2.75) is 26.4 Å². The molecule has 1 nitrogen and oxygen atoms in total. The summed E-state index contributed by atoms with van der Waals surface area (Å²) < 4.78 is 5.28. The smallest absolute Gasteiger partial charge is 0.126 e. The van der Waals surface area contributed by atoms with Crippen molar-refractivity contribution in [1.82, 2.24) is 0 Å². The van der Waals surface area contributed by atoms with Crippen LogP contribution >= 0.6 is 0 Å². The van der Waals surface area contributed by atoms with Gasteiger partial charge in [-0.2, -0.15) is 6.08 Å². The van der Waals surface area contributed by atoms with Crippen molar-refractivity contribution in [1.29, 1.82) is 0 Å². The summed E-state index contributed by atoms with van der Waals surface area (Å²) in [6, 6.07) is 9.68. The Morgan fingerprint density at radius 2 is 1.81 bits per heavy atom. The van der Waals surface area contributed by atoms with E-state index in [0.717, 1.165) is 21.7 Å². The first-order valence-electron chi connectivity index (χ1n) is 6.80. The quantitative estimate of drug-likeness (QED) is 0.328. The Labute approximate surface area is 147 Å². The molecule has 2 rings (SSSR count). The minimum atomic E-state index is 0. The summed E-state index contributed by atoms with van der Waals surface area (Å²) in [6.07, 6.45) is 17.4. The SMILES string of the molecule is CC=CC=COc1ccccc1.C[SiH]C.[C-]1=CC=CC1.[Ti]. The Morgan fingerprint density at radius 3 is 2.24 bits per heavy atom. The van der Waals surface area contributed by atoms with Crippen molar-refractivity contribution in [2.75, 3.05) is 0 Å². The molecule has 1 aliphatic carbocycles. The van der Waals surface area contributed by atoms with Crippen LogP contribution < -0.4 is 4.74 Å². The van der Waals surface area contributed by atoms with E-state index in [1.807, 2.05) is 67.6 Å². The van der Waals surface area contributed by atoms with Crippen molar-refractivity contribution in [3.05, 3.63) is 79.1 Å². The normalized spacial score (nSPS) is 11.4. The second-order valence-corrected chi connectivity index (χ2v) is 5.02. The molecule has 0 aromatic heterocycles. The molecule has 0 spiro atoms. The van der Waals surface area contributed by atoms with Gasteiger partial charge < -0.3 is 4.74 Å². The van der Waals surface area contributed by atoms with Gasteiger partial charge in [0.05, 0.1) is 6.26 Å². The molecule has 1 aromatic rings. The third-order valence-electron chi connectivity index (χ3n) is 1.92. The maximum atomic E-state index is 5.28. The third-order valence-corrected chi connectivity index (χ3v) is 1.92. The van der Waals surface area contributed by atoms with Gasteiger partial charge in [0.2, 0.25) is 0 Å². The maximum absolute atomic E-state index is 5.28. The van der Waals surface area contributed by atoms with Gasteiger partial charge in [0, 0.05) is 31.2 Å². The van der Waals surface area contributed by atoms with Crippen molar-refractivity contribution < 1.29 is 26.5 Å². The molecule has 0 bridgehead atoms. The zero-order chi connectivity index (χ0) is 14.9. The minimum absolute atomic E-state index is 0. The first-order chi connectivity index (χ1) is 9.85. The predicted octanol–water partition coefficient (Wildman–Crippen LogP) is 4.98. The van der Waals surface area contributed by atoms with Crippen LogP contribution in [0.4, 0.5) is 0 Å². The van der Waals surface area contributed by atoms with Gasteiger partial charge in [-0.15, -0.1) is 6.42 Å². The van der Waals surface area contributed by atoms with Crippen LogP contribution in [0.15, 0.2) is 73.1 Å². The molecule has 111 valence electrons. The van der Waals surface area contributed by atoms with Gasteiger partial charge in [0.25, 0.3) is 0 Å². The van der Waals surface area contributed by atoms with Gasteiger partial charge >= 0.3 is 0 Å². The van der Waals surface area contributed by atoms with Gasteiger partial charge in [-0.3, -0.25) is 6.08 Å². The average molecular weight is 332 g/mol. The summed E-state index contributed by atoms with van der Waals surface area (Å²) in [5.74, 6) is 0.859. The number of hydrogen-bond acceptors (Lipinski definition) is 1. The van der Waals surface area contributed by atoms with Crippen LogP contribution in [-0.2, 0) is 21.7 Å². The molecule has 1 aliphatic rings. The first kappa shape index (κ1) is 22.2. The molecule has 0 amide bonds. The van der Waals surface area contributed by atoms with E-state index < -0.39 is 0 Å². The second-order valence-electron chi connectivity index (χ2n) is 3.87. The molecule has 0 atom stereocenters. The zero-order valence-corrected chi connectivity index (χ0v) is 15.8. The molecule has 0 saturated heterocycles. The Balaban J connectivity index is 0. The second kappa shape index (κ2) is 18.9. The largest absolute Gasteiger partial charge is 0.465 e. The summed E-state index contributed by atoms with van der Waals surface area (Å²) in [5.41, 5.74) is 0. The molecule has 1 radical (unpaired) electrons. The molecule has 21 heavy (non-hydrogen) atoms. The molecule has 0 aliphatic heterocycles. The van der Waals surface area contributed by atoms with Gasteiger partial charge in [0.15, 0.2) is 0 Å². The molecule has 0 N–H and O–H groups in total. The fraction of sp³-hybridized carbons (Fsp3) is 0.222. The van der Waals surface area contributed by atoms with Crippen LogP contribution in [0.5, 0.6) is 5.75 Å². The topological polar surface area (TPSA) is 9.23 Å². The van der Waals surface area contributed by atoms with Crippen LogP contribution in [0.1, 0.15) is 13.3 Å². The molecule has 0 heterocycles. The number of ether oxygens (including phenoxy) is 1. The van der Waals surface area contributed by atoms with Crippen molar-refractivity contribution in [3.63, 3.8) is 0 Å². The minimum Gasteiger partial charge on any atom is -0.465 e. The Bertz CT molecular complexity index is 412. The fourth-order valence-electron chi connectivity index (χ4n) is 1.11. The number of para-hydroxylation sites is 1. The summed E-state index contributed by atoms with van der Waals surface area (Å²) in [6.45, 7) is 6.38. The molecule has 0 fully saturated rings. The third kappa shape index (κ3) is 16.9. The van der Waals surface area contributed by atoms with Gasteiger partial charge in [-0.1, -0.05) is 43.4 Å². The summed E-state index contributed by atoms with van der Waals surface area (Å²) in [7, 11) is 0.750. The monoisotopic (exact) mass is 332 g/mol. The Hall–Kier alpha value is -1.09. The van der Waals surface area contributed by atoms with E-state index in [4.69, 9.17) is 4.74 Å². The standard InChI is InChI=1S/C11H12O.C5H5.C2H7Si.Ti/c1-2-3-7-10-12-11-8-5-4-6-9-11;1-2-4-5-3-1;1-3-2;/h2-10H,1H3;1-3H,4H2;3H,1-2H3;/q;-1;;. The van der Waals surface area contributed by atoms with E-state index in [0.29, 0.717) is 0 Å². The summed E-state index contributed by atoms with van der Waals surface area (Å²) in [5, 5.41) is 0. The van der Waals surface area contributed by atoms with Gasteiger partial charge in [-0.25, -0.2) is 12.2 Å². The van der Waals surface area contributed by atoms with E-state index in [9.17, 15) is 0 Å². The molecule has 3 heteroatoms.